The van der Waals surface area contributed by atoms with Crippen LogP contribution in [0.5, 0.6) is 0 Å². The summed E-state index contributed by atoms with van der Waals surface area (Å²) in [6.07, 6.45) is -1.72. The van der Waals surface area contributed by atoms with Crippen LogP contribution in [0.3, 0.4) is 0 Å². The highest BCUT2D eigenvalue weighted by Gasteiger charge is 2.47. The van der Waals surface area contributed by atoms with Gasteiger partial charge in [-0.3, -0.25) is 4.57 Å². The van der Waals surface area contributed by atoms with Crippen molar-refractivity contribution in [1.82, 2.24) is 0 Å². The van der Waals surface area contributed by atoms with E-state index in [9.17, 15) is 4.57 Å². The Labute approximate surface area is 241 Å². The van der Waals surface area contributed by atoms with Gasteiger partial charge in [-0.15, -0.1) is 0 Å². The third-order valence-electron chi connectivity index (χ3n) is 6.47. The number of ether oxygens (including phenoxy) is 4. The molecule has 0 unspecified atom stereocenters. The molecule has 41 heavy (non-hydrogen) atoms. The second-order valence-electron chi connectivity index (χ2n) is 9.48. The van der Waals surface area contributed by atoms with Gasteiger partial charge in [0.05, 0.1) is 39.6 Å². The first-order valence-corrected chi connectivity index (χ1v) is 15.4. The Morgan fingerprint density at radius 1 is 0.756 bits per heavy atom. The molecule has 7 nitrogen and oxygen atoms in total. The lowest BCUT2D eigenvalue weighted by Gasteiger charge is -2.25. The summed E-state index contributed by atoms with van der Waals surface area (Å²) in [5.74, 6) is 0. The summed E-state index contributed by atoms with van der Waals surface area (Å²) in [5.41, 5.74) is 1.91. The quantitative estimate of drug-likeness (QED) is 0.165. The van der Waals surface area contributed by atoms with Crippen LogP contribution < -0.4 is 0 Å². The zero-order valence-electron chi connectivity index (χ0n) is 23.5. The molecule has 1 heterocycles. The predicted molar refractivity (Wildman–Crippen MR) is 155 cm³/mol. The van der Waals surface area contributed by atoms with E-state index in [4.69, 9.17) is 28.0 Å². The summed E-state index contributed by atoms with van der Waals surface area (Å²) >= 11 is 0. The van der Waals surface area contributed by atoms with E-state index in [2.05, 4.69) is 0 Å². The molecule has 1 aliphatic heterocycles. The number of hydrogen-bond acceptors (Lipinski definition) is 7. The fourth-order valence-electron chi connectivity index (χ4n) is 4.54. The molecule has 9 heteroatoms. The molecule has 0 saturated carbocycles. The molecule has 4 atom stereocenters. The van der Waals surface area contributed by atoms with E-state index in [0.29, 0.717) is 13.2 Å². The van der Waals surface area contributed by atoms with Crippen LogP contribution in [0.15, 0.2) is 103 Å². The Kier molecular flexibility index (Phi) is 12.3. The van der Waals surface area contributed by atoms with Crippen LogP contribution in [0, 0.1) is 0 Å². The van der Waals surface area contributed by atoms with Gasteiger partial charge >= 0.3 is 7.60 Å². The lowest BCUT2D eigenvalue weighted by molar-refractivity contribution is -0.0896. The topological polar surface area (TPSA) is 72.5 Å². The maximum atomic E-state index is 15.5. The molecule has 1 fully saturated rings. The molecule has 0 radical (unpaired) electrons. The lowest BCUT2D eigenvalue weighted by Crippen LogP contribution is -2.38. The molecule has 3 aromatic carbocycles. The van der Waals surface area contributed by atoms with E-state index in [1.54, 1.807) is 13.8 Å². The monoisotopic (exact) mass is 584 g/mol. The Bertz CT molecular complexity index is 1230. The largest absolute Gasteiger partial charge is 0.389 e. The van der Waals surface area contributed by atoms with Crippen molar-refractivity contribution in [1.29, 1.82) is 0 Å². The smallest absolute Gasteiger partial charge is 0.374 e. The Morgan fingerprint density at radius 2 is 1.22 bits per heavy atom. The van der Waals surface area contributed by atoms with E-state index in [-0.39, 0.29) is 26.4 Å². The van der Waals surface area contributed by atoms with Crippen LogP contribution in [0.25, 0.3) is 0 Å². The minimum absolute atomic E-state index is 0.0246. The normalized spacial score (nSPS) is 21.3. The first kappa shape index (κ1) is 31.3. The molecule has 4 rings (SSSR count). The van der Waals surface area contributed by atoms with Gasteiger partial charge in [0.2, 0.25) is 5.57 Å². The Balaban J connectivity index is 1.59. The number of halogens is 1. The molecular formula is C32H38FO7P. The van der Waals surface area contributed by atoms with Crippen molar-refractivity contribution >= 4 is 7.60 Å². The highest BCUT2D eigenvalue weighted by molar-refractivity contribution is 7.58. The third-order valence-corrected chi connectivity index (χ3v) is 8.34. The second-order valence-corrected chi connectivity index (χ2v) is 11.4. The van der Waals surface area contributed by atoms with Gasteiger partial charge in [0.25, 0.3) is 0 Å². The Hall–Kier alpha value is -2.68. The molecule has 0 N–H and O–H groups in total. The van der Waals surface area contributed by atoms with Gasteiger partial charge in [0, 0.05) is 0 Å². The highest BCUT2D eigenvalue weighted by atomic mass is 31.2. The summed E-state index contributed by atoms with van der Waals surface area (Å²) in [6.45, 7) is 4.41. The van der Waals surface area contributed by atoms with Crippen molar-refractivity contribution in [3.8, 4) is 0 Å². The first-order chi connectivity index (χ1) is 20.0. The van der Waals surface area contributed by atoms with Crippen molar-refractivity contribution < 1.29 is 37.0 Å². The molecule has 220 valence electrons. The summed E-state index contributed by atoms with van der Waals surface area (Å²) in [7, 11) is -4.14. The zero-order chi connectivity index (χ0) is 28.9. The minimum Gasteiger partial charge on any atom is -0.374 e. The summed E-state index contributed by atoms with van der Waals surface area (Å²) < 4.78 is 64.2. The van der Waals surface area contributed by atoms with Crippen LogP contribution in [0.4, 0.5) is 4.39 Å². The number of benzene rings is 3. The standard InChI is InChI=1S/C32H38FO7P/c1-3-38-41(34,39-4-2)30(33)20-28-31(36-22-26-16-10-6-11-17-26)32(37-23-27-18-12-7-13-19-27)29(40-28)24-35-21-25-14-8-5-9-15-25/h5-20,28-29,31-32H,3-4,21-24H2,1-2H3/b30-20+/t28-,29-,31-,32-/m1/s1. The minimum atomic E-state index is -4.14. The predicted octanol–water partition coefficient (Wildman–Crippen LogP) is 7.22. The van der Waals surface area contributed by atoms with Crippen LogP contribution >= 0.6 is 7.60 Å². The average Bonchev–Trinajstić information content (AvgIpc) is 3.32. The third kappa shape index (κ3) is 9.15. The molecule has 0 aromatic heterocycles. The van der Waals surface area contributed by atoms with E-state index in [1.807, 2.05) is 91.0 Å². The fourth-order valence-corrected chi connectivity index (χ4v) is 5.87. The van der Waals surface area contributed by atoms with Crippen molar-refractivity contribution in [3.63, 3.8) is 0 Å². The molecule has 3 aromatic rings. The molecule has 0 bridgehead atoms. The molecule has 0 aliphatic carbocycles. The van der Waals surface area contributed by atoms with E-state index in [0.717, 1.165) is 22.8 Å². The van der Waals surface area contributed by atoms with E-state index < -0.39 is 37.6 Å². The van der Waals surface area contributed by atoms with Crippen molar-refractivity contribution in [2.24, 2.45) is 0 Å². The fraction of sp³-hybridized carbons (Fsp3) is 0.375. The molecule has 0 spiro atoms. The van der Waals surface area contributed by atoms with Gasteiger partial charge in [-0.2, -0.15) is 4.39 Å². The number of hydrogen-bond donors (Lipinski definition) is 0. The van der Waals surface area contributed by atoms with Crippen LogP contribution in [0.1, 0.15) is 30.5 Å². The SMILES string of the molecule is CCOP(=O)(OCC)/C(F)=C/[C@H]1O[C@H](COCc2ccccc2)[C@@H](OCc2ccccc2)[C@@H]1OCc1ccccc1. The first-order valence-electron chi connectivity index (χ1n) is 13.9. The van der Waals surface area contributed by atoms with Crippen LogP contribution in [-0.2, 0) is 52.4 Å². The zero-order valence-corrected chi connectivity index (χ0v) is 24.4. The Morgan fingerprint density at radius 3 is 1.71 bits per heavy atom. The lowest BCUT2D eigenvalue weighted by atomic mass is 10.1. The molecule has 0 amide bonds. The van der Waals surface area contributed by atoms with Crippen LogP contribution in [-0.4, -0.2) is 44.2 Å². The maximum Gasteiger partial charge on any atom is 0.389 e. The molecular weight excluding hydrogens is 546 g/mol. The van der Waals surface area contributed by atoms with E-state index >= 15 is 4.39 Å². The average molecular weight is 585 g/mol. The van der Waals surface area contributed by atoms with Gasteiger partial charge in [0.1, 0.15) is 24.4 Å². The summed E-state index contributed by atoms with van der Waals surface area (Å²) in [4.78, 5) is 0. The van der Waals surface area contributed by atoms with Crippen LogP contribution in [0.2, 0.25) is 0 Å². The van der Waals surface area contributed by atoms with Crippen molar-refractivity contribution in [3.05, 3.63) is 119 Å². The molecule has 1 aliphatic rings. The van der Waals surface area contributed by atoms with Gasteiger partial charge in [-0.05, 0) is 36.6 Å². The highest BCUT2D eigenvalue weighted by Crippen LogP contribution is 2.57. The van der Waals surface area contributed by atoms with Crippen molar-refractivity contribution in [2.45, 2.75) is 58.1 Å². The van der Waals surface area contributed by atoms with Gasteiger partial charge in [-0.1, -0.05) is 91.0 Å². The van der Waals surface area contributed by atoms with Gasteiger partial charge < -0.3 is 28.0 Å². The summed E-state index contributed by atoms with van der Waals surface area (Å²) in [5, 5.41) is 0. The van der Waals surface area contributed by atoms with Gasteiger partial charge in [0.15, 0.2) is 0 Å². The van der Waals surface area contributed by atoms with Gasteiger partial charge in [-0.25, -0.2) is 0 Å². The second kappa shape index (κ2) is 16.1. The van der Waals surface area contributed by atoms with Crippen molar-refractivity contribution in [2.75, 3.05) is 19.8 Å². The van der Waals surface area contributed by atoms with E-state index in [1.165, 1.54) is 0 Å². The number of rotatable bonds is 16. The molecule has 1 saturated heterocycles. The maximum absolute atomic E-state index is 15.5. The summed E-state index contributed by atoms with van der Waals surface area (Å²) in [6, 6.07) is 29.2.